The third kappa shape index (κ3) is 2.92. The topological polar surface area (TPSA) is 27.2 Å². The fourth-order valence-electron chi connectivity index (χ4n) is 2.84. The molecule has 0 aliphatic carbocycles. The van der Waals surface area contributed by atoms with Crippen LogP contribution in [0, 0.1) is 10.6 Å². The Labute approximate surface area is 136 Å². The first-order valence-electron chi connectivity index (χ1n) is 6.92. The van der Waals surface area contributed by atoms with Crippen molar-refractivity contribution in [2.75, 3.05) is 33.7 Å². The summed E-state index contributed by atoms with van der Waals surface area (Å²) in [5.74, 6) is -0.277. The summed E-state index contributed by atoms with van der Waals surface area (Å²) in [5.41, 5.74) is 1.68. The Hall–Kier alpha value is -0.760. The first-order valence-corrected chi connectivity index (χ1v) is 8.12. The molecule has 1 aromatic heterocycles. The van der Waals surface area contributed by atoms with Gasteiger partial charge in [0.1, 0.15) is 5.82 Å². The van der Waals surface area contributed by atoms with Gasteiger partial charge in [-0.1, -0.05) is 0 Å². The maximum Gasteiger partial charge on any atom is 0.178 e. The zero-order chi connectivity index (χ0) is 15.1. The molecule has 2 aromatic rings. The molecule has 1 unspecified atom stereocenters. The van der Waals surface area contributed by atoms with Crippen molar-refractivity contribution in [3.63, 3.8) is 0 Å². The highest BCUT2D eigenvalue weighted by molar-refractivity contribution is 9.10. The molecule has 1 aliphatic rings. The minimum absolute atomic E-state index is 0.277. The highest BCUT2D eigenvalue weighted by Crippen LogP contribution is 2.24. The summed E-state index contributed by atoms with van der Waals surface area (Å²) in [5, 5.41) is 0. The number of hydrogen-bond acceptors (Lipinski definition) is 3. The van der Waals surface area contributed by atoms with Gasteiger partial charge in [-0.25, -0.2) is 4.39 Å². The molecule has 7 heteroatoms. The van der Waals surface area contributed by atoms with Gasteiger partial charge in [-0.3, -0.25) is 4.90 Å². The molecule has 1 atom stereocenters. The van der Waals surface area contributed by atoms with Gasteiger partial charge in [-0.2, -0.15) is 0 Å². The maximum atomic E-state index is 13.6. The van der Waals surface area contributed by atoms with Gasteiger partial charge in [0, 0.05) is 38.3 Å². The van der Waals surface area contributed by atoms with Crippen LogP contribution in [0.1, 0.15) is 0 Å². The summed E-state index contributed by atoms with van der Waals surface area (Å²) in [7, 11) is 4.28. The van der Waals surface area contributed by atoms with Crippen molar-refractivity contribution in [2.24, 2.45) is 0 Å². The van der Waals surface area contributed by atoms with Gasteiger partial charge in [0.15, 0.2) is 4.77 Å². The van der Waals surface area contributed by atoms with Crippen molar-refractivity contribution in [3.05, 3.63) is 27.2 Å². The van der Waals surface area contributed by atoms with Crippen molar-refractivity contribution in [2.45, 2.75) is 12.6 Å². The Balaban J connectivity index is 1.98. The number of benzene rings is 1. The van der Waals surface area contributed by atoms with E-state index < -0.39 is 0 Å². The highest BCUT2D eigenvalue weighted by atomic mass is 79.9. The standard InChI is InChI=1S/C14H18BrFN4S/c1-18-3-4-19(2)9(7-18)8-20-13-5-10(15)11(16)6-12(13)17-14(20)21/h5-6,9H,3-4,7-8H2,1-2H3,(H,17,21). The molecule has 0 radical (unpaired) electrons. The SMILES string of the molecule is CN1CCN(C)C(Cn2c(=S)[nH]c3cc(F)c(Br)cc32)C1. The van der Waals surface area contributed by atoms with Crippen LogP contribution in [-0.2, 0) is 6.54 Å². The molecule has 21 heavy (non-hydrogen) atoms. The second kappa shape index (κ2) is 5.79. The first-order chi connectivity index (χ1) is 9.95. The lowest BCUT2D eigenvalue weighted by atomic mass is 10.2. The van der Waals surface area contributed by atoms with E-state index in [1.807, 2.05) is 0 Å². The number of nitrogens with one attached hydrogen (secondary N) is 1. The van der Waals surface area contributed by atoms with E-state index in [4.69, 9.17) is 12.2 Å². The van der Waals surface area contributed by atoms with Crippen LogP contribution in [0.25, 0.3) is 11.0 Å². The Kier molecular flexibility index (Phi) is 4.18. The quantitative estimate of drug-likeness (QED) is 0.821. The number of likely N-dealkylation sites (N-methyl/N-ethyl adjacent to an activating group) is 2. The number of rotatable bonds is 2. The van der Waals surface area contributed by atoms with E-state index in [1.165, 1.54) is 6.07 Å². The number of H-pyrrole nitrogens is 1. The van der Waals surface area contributed by atoms with E-state index in [2.05, 4.69) is 49.4 Å². The third-order valence-electron chi connectivity index (χ3n) is 4.19. The molecule has 114 valence electrons. The van der Waals surface area contributed by atoms with Crippen LogP contribution in [0.15, 0.2) is 16.6 Å². The molecule has 3 rings (SSSR count). The molecular weight excluding hydrogens is 355 g/mol. The van der Waals surface area contributed by atoms with Crippen LogP contribution in [0.3, 0.4) is 0 Å². The number of aromatic amines is 1. The second-order valence-corrected chi connectivity index (χ2v) is 6.96. The number of aromatic nitrogens is 2. The number of halogens is 2. The summed E-state index contributed by atoms with van der Waals surface area (Å²) in [6.45, 7) is 3.95. The lowest BCUT2D eigenvalue weighted by molar-refractivity contribution is 0.103. The number of hydrogen-bond donors (Lipinski definition) is 1. The predicted octanol–water partition coefficient (Wildman–Crippen LogP) is 2.85. The van der Waals surface area contributed by atoms with Crippen LogP contribution >= 0.6 is 28.1 Å². The van der Waals surface area contributed by atoms with Crippen LogP contribution in [0.5, 0.6) is 0 Å². The van der Waals surface area contributed by atoms with E-state index in [0.29, 0.717) is 15.3 Å². The van der Waals surface area contributed by atoms with Crippen LogP contribution in [-0.4, -0.2) is 59.1 Å². The van der Waals surface area contributed by atoms with Crippen molar-refractivity contribution < 1.29 is 4.39 Å². The lowest BCUT2D eigenvalue weighted by Gasteiger charge is -2.37. The molecule has 1 N–H and O–H groups in total. The van der Waals surface area contributed by atoms with Crippen molar-refractivity contribution in [1.82, 2.24) is 19.4 Å². The number of nitrogens with zero attached hydrogens (tertiary/aromatic N) is 3. The predicted molar refractivity (Wildman–Crippen MR) is 88.7 cm³/mol. The van der Waals surface area contributed by atoms with Gasteiger partial charge < -0.3 is 14.5 Å². The third-order valence-corrected chi connectivity index (χ3v) is 5.12. The van der Waals surface area contributed by atoms with Crippen molar-refractivity contribution >= 4 is 39.2 Å². The molecule has 0 bridgehead atoms. The summed E-state index contributed by atoms with van der Waals surface area (Å²) in [6, 6.07) is 3.68. The average molecular weight is 373 g/mol. The van der Waals surface area contributed by atoms with Gasteiger partial charge in [-0.05, 0) is 48.3 Å². The molecule has 1 aliphatic heterocycles. The number of imidazole rings is 1. The Morgan fingerprint density at radius 2 is 2.14 bits per heavy atom. The minimum atomic E-state index is -0.277. The van der Waals surface area contributed by atoms with E-state index >= 15 is 0 Å². The largest absolute Gasteiger partial charge is 0.330 e. The van der Waals surface area contributed by atoms with Gasteiger partial charge in [0.05, 0.1) is 15.5 Å². The molecule has 0 saturated carbocycles. The second-order valence-electron chi connectivity index (χ2n) is 5.72. The molecule has 1 fully saturated rings. The zero-order valence-corrected chi connectivity index (χ0v) is 14.5. The van der Waals surface area contributed by atoms with E-state index in [9.17, 15) is 4.39 Å². The Bertz CT molecular complexity index is 726. The first kappa shape index (κ1) is 15.1. The highest BCUT2D eigenvalue weighted by Gasteiger charge is 2.23. The molecule has 2 heterocycles. The molecular formula is C14H18BrFN4S. The fourth-order valence-corrected chi connectivity index (χ4v) is 3.46. The molecule has 0 spiro atoms. The smallest absolute Gasteiger partial charge is 0.178 e. The fraction of sp³-hybridized carbons (Fsp3) is 0.500. The summed E-state index contributed by atoms with van der Waals surface area (Å²) < 4.78 is 16.8. The molecule has 1 saturated heterocycles. The Morgan fingerprint density at radius 3 is 2.90 bits per heavy atom. The van der Waals surface area contributed by atoms with Gasteiger partial charge in [0.25, 0.3) is 0 Å². The summed E-state index contributed by atoms with van der Waals surface area (Å²) in [4.78, 5) is 7.79. The van der Waals surface area contributed by atoms with E-state index in [1.54, 1.807) is 6.07 Å². The van der Waals surface area contributed by atoms with Crippen LogP contribution < -0.4 is 0 Å². The number of piperazine rings is 1. The van der Waals surface area contributed by atoms with E-state index in [-0.39, 0.29) is 5.82 Å². The molecule has 4 nitrogen and oxygen atoms in total. The zero-order valence-electron chi connectivity index (χ0n) is 12.1. The normalized spacial score (nSPS) is 21.2. The van der Waals surface area contributed by atoms with Gasteiger partial charge in [-0.15, -0.1) is 0 Å². The van der Waals surface area contributed by atoms with E-state index in [0.717, 1.165) is 37.2 Å². The summed E-state index contributed by atoms with van der Waals surface area (Å²) in [6.07, 6.45) is 0. The monoisotopic (exact) mass is 372 g/mol. The molecule has 1 aromatic carbocycles. The van der Waals surface area contributed by atoms with Crippen molar-refractivity contribution in [1.29, 1.82) is 0 Å². The lowest BCUT2D eigenvalue weighted by Crippen LogP contribution is -2.51. The van der Waals surface area contributed by atoms with Crippen LogP contribution in [0.2, 0.25) is 0 Å². The Morgan fingerprint density at radius 1 is 1.38 bits per heavy atom. The van der Waals surface area contributed by atoms with Gasteiger partial charge in [0.2, 0.25) is 0 Å². The minimum Gasteiger partial charge on any atom is -0.330 e. The van der Waals surface area contributed by atoms with Gasteiger partial charge >= 0.3 is 0 Å². The number of fused-ring (bicyclic) bond motifs is 1. The van der Waals surface area contributed by atoms with Crippen molar-refractivity contribution in [3.8, 4) is 0 Å². The summed E-state index contributed by atoms with van der Waals surface area (Å²) >= 11 is 8.67. The van der Waals surface area contributed by atoms with Crippen LogP contribution in [0.4, 0.5) is 4.39 Å². The maximum absolute atomic E-state index is 13.6. The average Bonchev–Trinajstić information content (AvgIpc) is 2.71. The molecule has 0 amide bonds.